The lowest BCUT2D eigenvalue weighted by molar-refractivity contribution is -0.125. The number of rotatable bonds is 4. The molecular formula is C20H25ClN4O2. The van der Waals surface area contributed by atoms with Crippen LogP contribution in [-0.4, -0.2) is 28.8 Å². The highest BCUT2D eigenvalue weighted by Gasteiger charge is 2.35. The molecule has 3 heterocycles. The van der Waals surface area contributed by atoms with Gasteiger partial charge in [-0.25, -0.2) is 0 Å². The van der Waals surface area contributed by atoms with Gasteiger partial charge in [-0.1, -0.05) is 18.2 Å². The fourth-order valence-corrected chi connectivity index (χ4v) is 3.93. The molecule has 1 aliphatic heterocycles. The molecule has 0 radical (unpaired) electrons. The van der Waals surface area contributed by atoms with Crippen molar-refractivity contribution in [2.45, 2.75) is 25.8 Å². The lowest BCUT2D eigenvalue weighted by atomic mass is 9.90. The van der Waals surface area contributed by atoms with Crippen LogP contribution >= 0.6 is 12.4 Å². The van der Waals surface area contributed by atoms with Gasteiger partial charge in [0.2, 0.25) is 5.91 Å². The highest BCUT2D eigenvalue weighted by atomic mass is 35.5. The smallest absolute Gasteiger partial charge is 0.225 e. The minimum Gasteiger partial charge on any atom is -0.459 e. The fraction of sp³-hybridized carbons (Fsp3) is 0.400. The maximum absolute atomic E-state index is 12.9. The van der Waals surface area contributed by atoms with Gasteiger partial charge in [0.1, 0.15) is 11.3 Å². The first-order chi connectivity index (χ1) is 12.5. The number of carbonyl (C=O) groups is 1. The second-order valence-electron chi connectivity index (χ2n) is 7.14. The van der Waals surface area contributed by atoms with Crippen molar-refractivity contribution in [1.29, 1.82) is 0 Å². The van der Waals surface area contributed by atoms with Crippen molar-refractivity contribution >= 4 is 29.3 Å². The quantitative estimate of drug-likeness (QED) is 0.720. The summed E-state index contributed by atoms with van der Waals surface area (Å²) >= 11 is 0. The molecule has 2 N–H and O–H groups in total. The van der Waals surface area contributed by atoms with Gasteiger partial charge >= 0.3 is 0 Å². The molecule has 0 spiro atoms. The third kappa shape index (κ3) is 3.59. The molecule has 1 unspecified atom stereocenters. The summed E-state index contributed by atoms with van der Waals surface area (Å²) in [4.78, 5) is 12.9. The number of carbonyl (C=O) groups excluding carboxylic acids is 1. The first-order valence-corrected chi connectivity index (χ1v) is 9.02. The van der Waals surface area contributed by atoms with Crippen LogP contribution in [0.2, 0.25) is 0 Å². The Morgan fingerprint density at radius 1 is 1.37 bits per heavy atom. The highest BCUT2D eigenvalue weighted by molar-refractivity contribution is 5.85. The van der Waals surface area contributed by atoms with Crippen molar-refractivity contribution in [3.63, 3.8) is 0 Å². The summed E-state index contributed by atoms with van der Waals surface area (Å²) < 4.78 is 7.78. The number of para-hydroxylation sites is 1. The highest BCUT2D eigenvalue weighted by Crippen LogP contribution is 2.31. The molecule has 27 heavy (non-hydrogen) atoms. The van der Waals surface area contributed by atoms with E-state index in [0.29, 0.717) is 6.54 Å². The van der Waals surface area contributed by atoms with E-state index in [2.05, 4.69) is 15.7 Å². The third-order valence-corrected chi connectivity index (χ3v) is 5.34. The summed E-state index contributed by atoms with van der Waals surface area (Å²) in [7, 11) is 1.90. The standard InChI is InChI=1S/C20H24N4O2.ClH/c1-12-15-6-4-5-7-18(15)26-19(12)13(2)23-20(25)17-10-21-9-16(17)14-8-22-24(3)11-14;/h4-8,11,13,16-17,21H,9-10H2,1-3H3,(H,23,25);1H/t13?,16-,17+;/m1./s1. The second-order valence-corrected chi connectivity index (χ2v) is 7.14. The Morgan fingerprint density at radius 3 is 2.85 bits per heavy atom. The maximum atomic E-state index is 12.9. The van der Waals surface area contributed by atoms with E-state index in [0.717, 1.165) is 34.4 Å². The first-order valence-electron chi connectivity index (χ1n) is 9.02. The average molecular weight is 389 g/mol. The molecule has 3 atom stereocenters. The van der Waals surface area contributed by atoms with E-state index in [4.69, 9.17) is 4.42 Å². The molecular weight excluding hydrogens is 364 g/mol. The summed E-state index contributed by atoms with van der Waals surface area (Å²) in [5.41, 5.74) is 3.05. The number of nitrogens with zero attached hydrogens (tertiary/aromatic N) is 2. The number of furan rings is 1. The van der Waals surface area contributed by atoms with Crippen LogP contribution in [0.25, 0.3) is 11.0 Å². The molecule has 6 nitrogen and oxygen atoms in total. The molecule has 0 bridgehead atoms. The number of benzene rings is 1. The minimum atomic E-state index is -0.176. The lowest BCUT2D eigenvalue weighted by Crippen LogP contribution is -2.36. The van der Waals surface area contributed by atoms with Crippen LogP contribution < -0.4 is 10.6 Å². The second kappa shape index (κ2) is 7.74. The average Bonchev–Trinajstić information content (AvgIpc) is 3.33. The van der Waals surface area contributed by atoms with E-state index in [9.17, 15) is 4.79 Å². The van der Waals surface area contributed by atoms with Crippen molar-refractivity contribution in [2.24, 2.45) is 13.0 Å². The third-order valence-electron chi connectivity index (χ3n) is 5.34. The van der Waals surface area contributed by atoms with Crippen LogP contribution in [0.3, 0.4) is 0 Å². The predicted molar refractivity (Wildman–Crippen MR) is 107 cm³/mol. The Bertz CT molecular complexity index is 949. The molecule has 7 heteroatoms. The van der Waals surface area contributed by atoms with Gasteiger partial charge in [-0.05, 0) is 25.5 Å². The molecule has 1 aromatic carbocycles. The van der Waals surface area contributed by atoms with Crippen LogP contribution in [-0.2, 0) is 11.8 Å². The van der Waals surface area contributed by atoms with E-state index in [-0.39, 0.29) is 36.2 Å². The van der Waals surface area contributed by atoms with Gasteiger partial charge in [0.05, 0.1) is 18.2 Å². The maximum Gasteiger partial charge on any atom is 0.225 e. The SMILES string of the molecule is Cc1c(C(C)NC(=O)[C@H]2CNC[C@@H]2c2cnn(C)c2)oc2ccccc12.Cl. The zero-order valence-electron chi connectivity index (χ0n) is 15.7. The predicted octanol–water partition coefficient (Wildman–Crippen LogP) is 3.08. The molecule has 2 aromatic heterocycles. The summed E-state index contributed by atoms with van der Waals surface area (Å²) in [5.74, 6) is 0.915. The molecule has 0 saturated carbocycles. The Balaban J connectivity index is 0.00000210. The van der Waals surface area contributed by atoms with Gasteiger partial charge < -0.3 is 15.1 Å². The van der Waals surface area contributed by atoms with E-state index >= 15 is 0 Å². The molecule has 1 saturated heterocycles. The number of fused-ring (bicyclic) bond motifs is 1. The van der Waals surface area contributed by atoms with Crippen molar-refractivity contribution in [3.8, 4) is 0 Å². The lowest BCUT2D eigenvalue weighted by Gasteiger charge is -2.20. The van der Waals surface area contributed by atoms with Crippen molar-refractivity contribution in [1.82, 2.24) is 20.4 Å². The van der Waals surface area contributed by atoms with E-state index < -0.39 is 0 Å². The summed E-state index contributed by atoms with van der Waals surface area (Å²) in [6.07, 6.45) is 3.84. The van der Waals surface area contributed by atoms with Gasteiger partial charge in [-0.2, -0.15) is 5.10 Å². The van der Waals surface area contributed by atoms with Gasteiger partial charge in [0.25, 0.3) is 0 Å². The van der Waals surface area contributed by atoms with Crippen LogP contribution in [0, 0.1) is 12.8 Å². The van der Waals surface area contributed by atoms with Crippen LogP contribution in [0.1, 0.15) is 35.8 Å². The number of hydrogen-bond acceptors (Lipinski definition) is 4. The molecule has 1 amide bonds. The van der Waals surface area contributed by atoms with Gasteiger partial charge in [0.15, 0.2) is 0 Å². The van der Waals surface area contributed by atoms with E-state index in [1.54, 1.807) is 4.68 Å². The zero-order chi connectivity index (χ0) is 18.3. The summed E-state index contributed by atoms with van der Waals surface area (Å²) in [6.45, 7) is 5.49. The Hall–Kier alpha value is -2.31. The van der Waals surface area contributed by atoms with Crippen molar-refractivity contribution < 1.29 is 9.21 Å². The van der Waals surface area contributed by atoms with Crippen LogP contribution in [0.4, 0.5) is 0 Å². The Labute approximate surface area is 164 Å². The minimum absolute atomic E-state index is 0. The summed E-state index contributed by atoms with van der Waals surface area (Å²) in [5, 5.41) is 11.8. The molecule has 4 rings (SSSR count). The molecule has 0 aliphatic carbocycles. The number of aryl methyl sites for hydroxylation is 2. The number of nitrogens with one attached hydrogen (secondary N) is 2. The number of aromatic nitrogens is 2. The van der Waals surface area contributed by atoms with E-state index in [1.807, 2.05) is 57.6 Å². The topological polar surface area (TPSA) is 72.1 Å². The fourth-order valence-electron chi connectivity index (χ4n) is 3.93. The molecule has 144 valence electrons. The Morgan fingerprint density at radius 2 is 2.15 bits per heavy atom. The summed E-state index contributed by atoms with van der Waals surface area (Å²) in [6, 6.07) is 7.79. The number of amides is 1. The van der Waals surface area contributed by atoms with Crippen molar-refractivity contribution in [3.05, 3.63) is 53.5 Å². The largest absolute Gasteiger partial charge is 0.459 e. The van der Waals surface area contributed by atoms with Crippen LogP contribution in [0.15, 0.2) is 41.1 Å². The molecule has 1 aliphatic rings. The Kier molecular flexibility index (Phi) is 5.58. The molecule has 1 fully saturated rings. The van der Waals surface area contributed by atoms with Crippen molar-refractivity contribution in [2.75, 3.05) is 13.1 Å². The normalized spacial score (nSPS) is 20.4. The molecule has 3 aromatic rings. The van der Waals surface area contributed by atoms with Gasteiger partial charge in [-0.3, -0.25) is 9.48 Å². The van der Waals surface area contributed by atoms with E-state index in [1.165, 1.54) is 0 Å². The van der Waals surface area contributed by atoms with Gasteiger partial charge in [0, 0.05) is 43.2 Å². The zero-order valence-corrected chi connectivity index (χ0v) is 16.5. The number of halogens is 1. The van der Waals surface area contributed by atoms with Gasteiger partial charge in [-0.15, -0.1) is 12.4 Å². The monoisotopic (exact) mass is 388 g/mol. The first kappa shape index (κ1) is 19.5. The number of hydrogen-bond donors (Lipinski definition) is 2. The van der Waals surface area contributed by atoms with Crippen LogP contribution in [0.5, 0.6) is 0 Å².